The first-order valence-corrected chi connectivity index (χ1v) is 11.6. The molecule has 2 rings (SSSR count). The molecule has 2 atom stereocenters. The molecule has 1 heterocycles. The lowest BCUT2D eigenvalue weighted by Crippen LogP contribution is -2.50. The Kier molecular flexibility index (Phi) is 9.63. The van der Waals surface area contributed by atoms with Crippen molar-refractivity contribution in [3.63, 3.8) is 0 Å². The molecule has 0 aromatic heterocycles. The fourth-order valence-electron chi connectivity index (χ4n) is 4.08. The third kappa shape index (κ3) is 6.73. The van der Waals surface area contributed by atoms with Gasteiger partial charge in [-0.1, -0.05) is 51.1 Å². The first kappa shape index (κ1) is 24.2. The van der Waals surface area contributed by atoms with Crippen molar-refractivity contribution in [2.75, 3.05) is 26.2 Å². The topological polar surface area (TPSA) is 68.8 Å². The van der Waals surface area contributed by atoms with Crippen LogP contribution in [-0.2, 0) is 4.79 Å². The molecule has 1 aliphatic rings. The van der Waals surface area contributed by atoms with Crippen LogP contribution in [0, 0.1) is 0 Å². The number of nitrogens with one attached hydrogen (secondary N) is 3. The van der Waals surface area contributed by atoms with Crippen LogP contribution in [0.1, 0.15) is 71.9 Å². The van der Waals surface area contributed by atoms with Gasteiger partial charge in [-0.2, -0.15) is 0 Å². The molecule has 0 aliphatic carbocycles. The molecule has 0 radical (unpaired) electrons. The second kappa shape index (κ2) is 11.9. The van der Waals surface area contributed by atoms with Crippen LogP contribution in [0.5, 0.6) is 0 Å². The SMILES string of the molecule is CCNC(=NCC(CC)(CC)NC(C)c1ccccc1)NC1CCN(C(=O)CC)C1. The monoisotopic (exact) mass is 415 g/mol. The van der Waals surface area contributed by atoms with E-state index in [9.17, 15) is 4.79 Å². The third-order valence-electron chi connectivity index (χ3n) is 6.24. The maximum Gasteiger partial charge on any atom is 0.222 e. The predicted octanol–water partition coefficient (Wildman–Crippen LogP) is 3.46. The quantitative estimate of drug-likeness (QED) is 0.404. The molecule has 168 valence electrons. The number of hydrogen-bond acceptors (Lipinski definition) is 3. The number of likely N-dealkylation sites (tertiary alicyclic amines) is 1. The molecule has 0 spiro atoms. The normalized spacial score (nSPS) is 18.4. The van der Waals surface area contributed by atoms with Crippen molar-refractivity contribution in [3.8, 4) is 0 Å². The molecular weight excluding hydrogens is 374 g/mol. The summed E-state index contributed by atoms with van der Waals surface area (Å²) in [5, 5.41) is 10.8. The van der Waals surface area contributed by atoms with Crippen molar-refractivity contribution >= 4 is 11.9 Å². The lowest BCUT2D eigenvalue weighted by molar-refractivity contribution is -0.129. The number of rotatable bonds is 10. The summed E-state index contributed by atoms with van der Waals surface area (Å²) >= 11 is 0. The highest BCUT2D eigenvalue weighted by molar-refractivity contribution is 5.80. The Labute approximate surface area is 182 Å². The zero-order valence-corrected chi connectivity index (χ0v) is 19.5. The summed E-state index contributed by atoms with van der Waals surface area (Å²) in [4.78, 5) is 18.9. The van der Waals surface area contributed by atoms with Crippen LogP contribution in [0.3, 0.4) is 0 Å². The molecular formula is C24H41N5O. The van der Waals surface area contributed by atoms with Crippen LogP contribution < -0.4 is 16.0 Å². The molecule has 1 fully saturated rings. The minimum Gasteiger partial charge on any atom is -0.357 e. The Bertz CT molecular complexity index is 671. The maximum atomic E-state index is 12.0. The van der Waals surface area contributed by atoms with Gasteiger partial charge in [0.15, 0.2) is 5.96 Å². The van der Waals surface area contributed by atoms with Gasteiger partial charge in [-0.3, -0.25) is 9.79 Å². The van der Waals surface area contributed by atoms with E-state index in [1.165, 1.54) is 5.56 Å². The van der Waals surface area contributed by atoms with Crippen molar-refractivity contribution in [2.24, 2.45) is 4.99 Å². The molecule has 1 amide bonds. The summed E-state index contributed by atoms with van der Waals surface area (Å²) in [5.41, 5.74) is 1.24. The van der Waals surface area contributed by atoms with E-state index in [4.69, 9.17) is 4.99 Å². The van der Waals surface area contributed by atoms with Crippen molar-refractivity contribution < 1.29 is 4.79 Å². The number of nitrogens with zero attached hydrogens (tertiary/aromatic N) is 2. The fourth-order valence-corrected chi connectivity index (χ4v) is 4.08. The van der Waals surface area contributed by atoms with E-state index in [-0.39, 0.29) is 23.5 Å². The average molecular weight is 416 g/mol. The molecule has 0 bridgehead atoms. The van der Waals surface area contributed by atoms with Gasteiger partial charge in [-0.25, -0.2) is 0 Å². The van der Waals surface area contributed by atoms with Gasteiger partial charge in [-0.15, -0.1) is 0 Å². The highest BCUT2D eigenvalue weighted by Gasteiger charge is 2.29. The summed E-state index contributed by atoms with van der Waals surface area (Å²) in [7, 11) is 0. The van der Waals surface area contributed by atoms with Crippen LogP contribution in [0.15, 0.2) is 35.3 Å². The Morgan fingerprint density at radius 1 is 1.20 bits per heavy atom. The smallest absolute Gasteiger partial charge is 0.222 e. The zero-order valence-electron chi connectivity index (χ0n) is 19.5. The van der Waals surface area contributed by atoms with Crippen LogP contribution in [0.25, 0.3) is 0 Å². The van der Waals surface area contributed by atoms with E-state index in [1.54, 1.807) is 0 Å². The highest BCUT2D eigenvalue weighted by atomic mass is 16.2. The summed E-state index contributed by atoms with van der Waals surface area (Å²) < 4.78 is 0. The molecule has 30 heavy (non-hydrogen) atoms. The largest absolute Gasteiger partial charge is 0.357 e. The summed E-state index contributed by atoms with van der Waals surface area (Å²) in [6, 6.07) is 11.1. The minimum atomic E-state index is -0.0580. The van der Waals surface area contributed by atoms with E-state index in [1.807, 2.05) is 11.8 Å². The van der Waals surface area contributed by atoms with Gasteiger partial charge in [0.2, 0.25) is 5.91 Å². The highest BCUT2D eigenvalue weighted by Crippen LogP contribution is 2.22. The lowest BCUT2D eigenvalue weighted by atomic mass is 9.91. The van der Waals surface area contributed by atoms with E-state index < -0.39 is 0 Å². The molecule has 2 unspecified atom stereocenters. The van der Waals surface area contributed by atoms with Crippen molar-refractivity contribution in [2.45, 2.75) is 77.9 Å². The zero-order chi connectivity index (χ0) is 22.0. The predicted molar refractivity (Wildman–Crippen MR) is 126 cm³/mol. The molecule has 1 aromatic carbocycles. The first-order valence-electron chi connectivity index (χ1n) is 11.6. The number of carbonyl (C=O) groups excluding carboxylic acids is 1. The molecule has 1 saturated heterocycles. The standard InChI is InChI=1S/C24H41N5O/c1-6-22(30)29-16-15-21(17-29)27-23(25-9-4)26-18-24(7-2,8-3)28-19(5)20-13-11-10-12-14-20/h10-14,19,21,28H,6-9,15-18H2,1-5H3,(H2,25,26,27). The fraction of sp³-hybridized carbons (Fsp3) is 0.667. The second-order valence-electron chi connectivity index (χ2n) is 8.28. The van der Waals surface area contributed by atoms with E-state index in [2.05, 4.69) is 74.0 Å². The van der Waals surface area contributed by atoms with Gasteiger partial charge in [0.25, 0.3) is 0 Å². The molecule has 1 aromatic rings. The lowest BCUT2D eigenvalue weighted by Gasteiger charge is -2.35. The summed E-state index contributed by atoms with van der Waals surface area (Å²) in [6.07, 6.45) is 3.55. The van der Waals surface area contributed by atoms with Crippen LogP contribution in [-0.4, -0.2) is 54.5 Å². The van der Waals surface area contributed by atoms with Crippen LogP contribution in [0.4, 0.5) is 0 Å². The maximum absolute atomic E-state index is 12.0. The first-order chi connectivity index (χ1) is 14.5. The Morgan fingerprint density at radius 2 is 1.90 bits per heavy atom. The van der Waals surface area contributed by atoms with Gasteiger partial charge in [0, 0.05) is 43.7 Å². The minimum absolute atomic E-state index is 0.0580. The van der Waals surface area contributed by atoms with Gasteiger partial charge in [0.1, 0.15) is 0 Å². The number of benzene rings is 1. The third-order valence-corrected chi connectivity index (χ3v) is 6.24. The molecule has 6 nitrogen and oxygen atoms in total. The van der Waals surface area contributed by atoms with Gasteiger partial charge < -0.3 is 20.9 Å². The number of hydrogen-bond donors (Lipinski definition) is 3. The number of guanidine groups is 1. The van der Waals surface area contributed by atoms with Crippen LogP contribution in [0.2, 0.25) is 0 Å². The van der Waals surface area contributed by atoms with Crippen LogP contribution >= 0.6 is 0 Å². The number of amides is 1. The van der Waals surface area contributed by atoms with Crippen molar-refractivity contribution in [1.82, 2.24) is 20.9 Å². The second-order valence-corrected chi connectivity index (χ2v) is 8.28. The Morgan fingerprint density at radius 3 is 2.50 bits per heavy atom. The summed E-state index contributed by atoms with van der Waals surface area (Å²) in [6.45, 7) is 13.8. The molecule has 6 heteroatoms. The van der Waals surface area contributed by atoms with E-state index in [0.717, 1.165) is 44.9 Å². The number of carbonyl (C=O) groups is 1. The van der Waals surface area contributed by atoms with E-state index in [0.29, 0.717) is 13.0 Å². The number of aliphatic imine (C=N–C) groups is 1. The molecule has 1 aliphatic heterocycles. The Balaban J connectivity index is 2.04. The van der Waals surface area contributed by atoms with Crippen molar-refractivity contribution in [3.05, 3.63) is 35.9 Å². The summed E-state index contributed by atoms with van der Waals surface area (Å²) in [5.74, 6) is 1.07. The molecule has 3 N–H and O–H groups in total. The average Bonchev–Trinajstić information content (AvgIpc) is 3.25. The molecule has 0 saturated carbocycles. The van der Waals surface area contributed by atoms with E-state index >= 15 is 0 Å². The van der Waals surface area contributed by atoms with Crippen molar-refractivity contribution in [1.29, 1.82) is 0 Å². The van der Waals surface area contributed by atoms with Gasteiger partial charge in [0.05, 0.1) is 6.54 Å². The van der Waals surface area contributed by atoms with Gasteiger partial charge >= 0.3 is 0 Å². The Hall–Kier alpha value is -2.08. The van der Waals surface area contributed by atoms with Gasteiger partial charge in [-0.05, 0) is 38.7 Å².